The number of hydrogen-bond acceptors (Lipinski definition) is 5. The van der Waals surface area contributed by atoms with Crippen LogP contribution in [0.3, 0.4) is 0 Å². The summed E-state index contributed by atoms with van der Waals surface area (Å²) in [6, 6.07) is 3.63. The monoisotopic (exact) mass is 307 g/mol. The molecule has 2 amide bonds. The lowest BCUT2D eigenvalue weighted by molar-refractivity contribution is -0.123. The van der Waals surface area contributed by atoms with Crippen molar-refractivity contribution in [2.24, 2.45) is 23.7 Å². The molecule has 2 aliphatic carbocycles. The van der Waals surface area contributed by atoms with Gasteiger partial charge < -0.3 is 0 Å². The summed E-state index contributed by atoms with van der Waals surface area (Å²) in [5, 5.41) is 6.85. The lowest BCUT2D eigenvalue weighted by Crippen LogP contribution is -2.33. The molecule has 3 aliphatic rings. The molecule has 23 heavy (non-hydrogen) atoms. The molecule has 114 valence electrons. The second-order valence-corrected chi connectivity index (χ2v) is 6.24. The number of aromatic amines is 1. The van der Waals surface area contributed by atoms with Crippen LogP contribution in [-0.2, 0) is 9.59 Å². The number of fused-ring (bicyclic) bond motifs is 5. The second-order valence-electron chi connectivity index (χ2n) is 6.24. The molecule has 0 unspecified atom stereocenters. The van der Waals surface area contributed by atoms with Crippen LogP contribution < -0.4 is 4.90 Å². The van der Waals surface area contributed by atoms with Gasteiger partial charge in [-0.3, -0.25) is 19.7 Å². The fourth-order valence-electron chi connectivity index (χ4n) is 4.08. The number of allylic oxidation sites excluding steroid dienone is 2. The van der Waals surface area contributed by atoms with Crippen LogP contribution in [0.5, 0.6) is 0 Å². The average Bonchev–Trinajstić information content (AvgIpc) is 3.33. The summed E-state index contributed by atoms with van der Waals surface area (Å²) in [5.41, 5.74) is 0.757. The van der Waals surface area contributed by atoms with Crippen molar-refractivity contribution in [3.63, 3.8) is 0 Å². The normalized spacial score (nSPS) is 31.2. The van der Waals surface area contributed by atoms with E-state index in [1.807, 2.05) is 6.07 Å². The first-order valence-corrected chi connectivity index (χ1v) is 7.63. The molecule has 2 fully saturated rings. The largest absolute Gasteiger partial charge is 0.274 e. The number of hydrogen-bond donors (Lipinski definition) is 1. The van der Waals surface area contributed by atoms with Gasteiger partial charge in [0, 0.05) is 18.0 Å². The van der Waals surface area contributed by atoms with Gasteiger partial charge in [-0.1, -0.05) is 12.2 Å². The second kappa shape index (κ2) is 4.34. The molecule has 5 rings (SSSR count). The summed E-state index contributed by atoms with van der Waals surface area (Å²) in [4.78, 5) is 34.9. The van der Waals surface area contributed by atoms with Crippen LogP contribution in [0.1, 0.15) is 6.42 Å². The van der Waals surface area contributed by atoms with Gasteiger partial charge in [-0.2, -0.15) is 4.98 Å². The van der Waals surface area contributed by atoms with Crippen molar-refractivity contribution in [3.8, 4) is 11.4 Å². The molecule has 0 spiro atoms. The molecule has 0 aromatic carbocycles. The minimum atomic E-state index is -0.238. The fourth-order valence-corrected chi connectivity index (χ4v) is 4.08. The number of H-pyrrole nitrogens is 1. The van der Waals surface area contributed by atoms with Crippen LogP contribution in [-0.4, -0.2) is 32.0 Å². The van der Waals surface area contributed by atoms with E-state index in [1.165, 1.54) is 0 Å². The van der Waals surface area contributed by atoms with Crippen LogP contribution in [0.2, 0.25) is 0 Å². The first-order valence-electron chi connectivity index (χ1n) is 7.63. The minimum absolute atomic E-state index is 0.132. The summed E-state index contributed by atoms with van der Waals surface area (Å²) in [5.74, 6) is 0.170. The van der Waals surface area contributed by atoms with Crippen molar-refractivity contribution >= 4 is 17.8 Å². The summed E-state index contributed by atoms with van der Waals surface area (Å²) >= 11 is 0. The zero-order chi connectivity index (χ0) is 15.6. The zero-order valence-corrected chi connectivity index (χ0v) is 12.1. The van der Waals surface area contributed by atoms with Crippen LogP contribution in [0.15, 0.2) is 36.7 Å². The smallest absolute Gasteiger partial charge is 0.258 e. The Labute approximate surface area is 131 Å². The van der Waals surface area contributed by atoms with Crippen LogP contribution in [0, 0.1) is 23.7 Å². The van der Waals surface area contributed by atoms with E-state index in [0.29, 0.717) is 5.82 Å². The van der Waals surface area contributed by atoms with Crippen molar-refractivity contribution < 1.29 is 9.59 Å². The molecule has 7 nitrogen and oxygen atoms in total. The van der Waals surface area contributed by atoms with E-state index in [4.69, 9.17) is 0 Å². The number of nitrogens with zero attached hydrogens (tertiary/aromatic N) is 4. The van der Waals surface area contributed by atoms with E-state index in [0.717, 1.165) is 16.9 Å². The quantitative estimate of drug-likeness (QED) is 0.664. The molecule has 2 bridgehead atoms. The Morgan fingerprint density at radius 2 is 1.87 bits per heavy atom. The first kappa shape index (κ1) is 12.7. The summed E-state index contributed by atoms with van der Waals surface area (Å²) < 4.78 is 0. The van der Waals surface area contributed by atoms with Crippen LogP contribution >= 0.6 is 0 Å². The number of rotatable bonds is 2. The lowest BCUT2D eigenvalue weighted by atomic mass is 9.85. The van der Waals surface area contributed by atoms with Crippen molar-refractivity contribution in [1.29, 1.82) is 0 Å². The molecule has 1 aliphatic heterocycles. The highest BCUT2D eigenvalue weighted by molar-refractivity contribution is 6.21. The van der Waals surface area contributed by atoms with Crippen molar-refractivity contribution in [2.75, 3.05) is 4.90 Å². The van der Waals surface area contributed by atoms with Gasteiger partial charge in [0.05, 0.1) is 11.8 Å². The topological polar surface area (TPSA) is 91.8 Å². The molecule has 1 N–H and O–H groups in total. The molecular formula is C16H13N5O2. The number of imide groups is 1. The maximum atomic E-state index is 12.7. The van der Waals surface area contributed by atoms with Gasteiger partial charge in [-0.15, -0.1) is 5.10 Å². The number of anilines is 1. The molecule has 2 aromatic heterocycles. The number of nitrogens with one attached hydrogen (secondary N) is 1. The SMILES string of the molecule is O=C1[C@@H]2[C@H](C(=O)N1c1n[nH]c(-c3cccnc3)n1)[C@@H]1C=C[C@H]2C1. The molecule has 7 heteroatoms. The van der Waals surface area contributed by atoms with Gasteiger partial charge in [0.25, 0.3) is 5.95 Å². The lowest BCUT2D eigenvalue weighted by Gasteiger charge is -2.14. The van der Waals surface area contributed by atoms with Gasteiger partial charge in [0.1, 0.15) is 0 Å². The highest BCUT2D eigenvalue weighted by Gasteiger charge is 2.60. The van der Waals surface area contributed by atoms with Crippen molar-refractivity contribution in [3.05, 3.63) is 36.7 Å². The van der Waals surface area contributed by atoms with E-state index in [2.05, 4.69) is 32.3 Å². The third-order valence-electron chi connectivity index (χ3n) is 5.08. The minimum Gasteiger partial charge on any atom is -0.274 e. The van der Waals surface area contributed by atoms with Gasteiger partial charge >= 0.3 is 0 Å². The van der Waals surface area contributed by atoms with E-state index in [9.17, 15) is 9.59 Å². The number of pyridine rings is 1. The Hall–Kier alpha value is -2.83. The number of aromatic nitrogens is 4. The standard InChI is InChI=1S/C16H13N5O2/c22-14-11-8-3-4-9(6-8)12(11)15(23)21(14)16-18-13(19-20-16)10-2-1-5-17-7-10/h1-5,7-9,11-12H,6H2,(H,18,19,20)/t8-,9+,11-,12+. The highest BCUT2D eigenvalue weighted by Crippen LogP contribution is 2.52. The molecule has 1 saturated heterocycles. The molecule has 4 atom stereocenters. The third kappa shape index (κ3) is 1.61. The Balaban J connectivity index is 1.51. The fraction of sp³-hybridized carbons (Fsp3) is 0.312. The Morgan fingerprint density at radius 1 is 1.13 bits per heavy atom. The van der Waals surface area contributed by atoms with Gasteiger partial charge in [-0.05, 0) is 30.4 Å². The molecule has 1 saturated carbocycles. The van der Waals surface area contributed by atoms with Crippen LogP contribution in [0.25, 0.3) is 11.4 Å². The number of amides is 2. The Morgan fingerprint density at radius 3 is 2.52 bits per heavy atom. The number of carbonyl (C=O) groups excluding carboxylic acids is 2. The molecular weight excluding hydrogens is 294 g/mol. The van der Waals surface area contributed by atoms with E-state index >= 15 is 0 Å². The Bertz CT molecular complexity index is 813. The first-order chi connectivity index (χ1) is 11.2. The molecule has 3 heterocycles. The third-order valence-corrected chi connectivity index (χ3v) is 5.08. The van der Waals surface area contributed by atoms with Crippen molar-refractivity contribution in [2.45, 2.75) is 6.42 Å². The summed E-state index contributed by atoms with van der Waals surface area (Å²) in [6.07, 6.45) is 8.36. The maximum Gasteiger partial charge on any atom is 0.258 e. The highest BCUT2D eigenvalue weighted by atomic mass is 16.2. The summed E-state index contributed by atoms with van der Waals surface area (Å²) in [6.45, 7) is 0. The summed E-state index contributed by atoms with van der Waals surface area (Å²) in [7, 11) is 0. The zero-order valence-electron chi connectivity index (χ0n) is 12.1. The van der Waals surface area contributed by atoms with Gasteiger partial charge in [0.2, 0.25) is 11.8 Å². The van der Waals surface area contributed by atoms with Gasteiger partial charge in [-0.25, -0.2) is 4.90 Å². The molecule has 2 aromatic rings. The van der Waals surface area contributed by atoms with Crippen LogP contribution in [0.4, 0.5) is 5.95 Å². The van der Waals surface area contributed by atoms with Gasteiger partial charge in [0.15, 0.2) is 5.82 Å². The van der Waals surface area contributed by atoms with E-state index in [-0.39, 0.29) is 41.4 Å². The predicted molar refractivity (Wildman–Crippen MR) is 79.8 cm³/mol. The number of carbonyl (C=O) groups is 2. The Kier molecular flexibility index (Phi) is 2.40. The molecule has 0 radical (unpaired) electrons. The van der Waals surface area contributed by atoms with Crippen molar-refractivity contribution in [1.82, 2.24) is 20.2 Å². The maximum absolute atomic E-state index is 12.7. The predicted octanol–water partition coefficient (Wildman–Crippen LogP) is 1.18. The van der Waals surface area contributed by atoms with E-state index in [1.54, 1.807) is 18.5 Å². The average molecular weight is 307 g/mol. The van der Waals surface area contributed by atoms with E-state index < -0.39 is 0 Å².